The molecule has 2 aromatic carbocycles. The number of fused-ring (bicyclic) bond motifs is 1. The van der Waals surface area contributed by atoms with Gasteiger partial charge < -0.3 is 10.1 Å². The zero-order chi connectivity index (χ0) is 14.1. The van der Waals surface area contributed by atoms with E-state index in [1.807, 2.05) is 12.1 Å². The molecule has 0 aromatic heterocycles. The lowest BCUT2D eigenvalue weighted by atomic mass is 10.1. The summed E-state index contributed by atoms with van der Waals surface area (Å²) in [6.07, 6.45) is 0.951. The molecule has 1 N–H and O–H groups in total. The van der Waals surface area contributed by atoms with Crippen molar-refractivity contribution in [2.75, 3.05) is 11.9 Å². The SMILES string of the molecule is Cc1ccc(NCc2cc(Cl)cc3c2OCC3)cc1C. The van der Waals surface area contributed by atoms with Gasteiger partial charge in [-0.2, -0.15) is 0 Å². The molecule has 1 aliphatic heterocycles. The van der Waals surface area contributed by atoms with Gasteiger partial charge in [0.1, 0.15) is 5.75 Å². The third-order valence-electron chi connectivity index (χ3n) is 3.82. The highest BCUT2D eigenvalue weighted by atomic mass is 35.5. The number of rotatable bonds is 3. The molecule has 0 spiro atoms. The summed E-state index contributed by atoms with van der Waals surface area (Å²) in [4.78, 5) is 0. The molecule has 0 bridgehead atoms. The molecule has 3 rings (SSSR count). The predicted octanol–water partition coefficient (Wildman–Crippen LogP) is 4.50. The van der Waals surface area contributed by atoms with Crippen molar-refractivity contribution in [1.29, 1.82) is 0 Å². The smallest absolute Gasteiger partial charge is 0.127 e. The van der Waals surface area contributed by atoms with Crippen LogP contribution >= 0.6 is 11.6 Å². The Kier molecular flexibility index (Phi) is 3.58. The fourth-order valence-electron chi connectivity index (χ4n) is 2.53. The van der Waals surface area contributed by atoms with Crippen LogP contribution in [0.1, 0.15) is 22.3 Å². The summed E-state index contributed by atoms with van der Waals surface area (Å²) in [6, 6.07) is 10.4. The predicted molar refractivity (Wildman–Crippen MR) is 83.9 cm³/mol. The molecule has 0 amide bonds. The maximum absolute atomic E-state index is 6.17. The number of hydrogen-bond acceptors (Lipinski definition) is 2. The average Bonchev–Trinajstić information content (AvgIpc) is 2.88. The molecule has 0 saturated carbocycles. The number of aryl methyl sites for hydroxylation is 2. The van der Waals surface area contributed by atoms with Crippen molar-refractivity contribution in [3.8, 4) is 5.75 Å². The zero-order valence-electron chi connectivity index (χ0n) is 11.8. The van der Waals surface area contributed by atoms with Gasteiger partial charge in [0, 0.05) is 29.2 Å². The minimum absolute atomic E-state index is 0.728. The standard InChI is InChI=1S/C17H18ClNO/c1-11-3-4-16(7-12(11)2)19-10-14-9-15(18)8-13-5-6-20-17(13)14/h3-4,7-9,19H,5-6,10H2,1-2H3. The Morgan fingerprint density at radius 2 is 2.00 bits per heavy atom. The first-order valence-corrected chi connectivity index (χ1v) is 7.26. The number of hydrogen-bond donors (Lipinski definition) is 1. The normalized spacial score (nSPS) is 12.9. The molecule has 0 atom stereocenters. The monoisotopic (exact) mass is 287 g/mol. The first-order chi connectivity index (χ1) is 9.63. The molecule has 1 aliphatic rings. The van der Waals surface area contributed by atoms with Crippen LogP contribution in [-0.2, 0) is 13.0 Å². The van der Waals surface area contributed by atoms with Gasteiger partial charge in [-0.05, 0) is 54.8 Å². The van der Waals surface area contributed by atoms with Crippen molar-refractivity contribution in [1.82, 2.24) is 0 Å². The van der Waals surface area contributed by atoms with Crippen LogP contribution in [0.4, 0.5) is 5.69 Å². The van der Waals surface area contributed by atoms with Crippen molar-refractivity contribution in [2.45, 2.75) is 26.8 Å². The molecule has 0 unspecified atom stereocenters. The van der Waals surface area contributed by atoms with Crippen LogP contribution in [0.3, 0.4) is 0 Å². The summed E-state index contributed by atoms with van der Waals surface area (Å²) in [5.74, 6) is 1.01. The molecule has 1 heterocycles. The number of benzene rings is 2. The molecule has 0 aliphatic carbocycles. The van der Waals surface area contributed by atoms with Crippen LogP contribution in [0.25, 0.3) is 0 Å². The maximum atomic E-state index is 6.17. The van der Waals surface area contributed by atoms with E-state index in [2.05, 4.69) is 37.4 Å². The highest BCUT2D eigenvalue weighted by Gasteiger charge is 2.17. The van der Waals surface area contributed by atoms with Crippen molar-refractivity contribution in [2.24, 2.45) is 0 Å². The van der Waals surface area contributed by atoms with E-state index in [0.29, 0.717) is 0 Å². The van der Waals surface area contributed by atoms with Gasteiger partial charge in [0.05, 0.1) is 6.61 Å². The molecule has 0 saturated heterocycles. The molecule has 104 valence electrons. The van der Waals surface area contributed by atoms with Crippen molar-refractivity contribution < 1.29 is 4.74 Å². The molecule has 0 radical (unpaired) electrons. The van der Waals surface area contributed by atoms with E-state index in [-0.39, 0.29) is 0 Å². The highest BCUT2D eigenvalue weighted by molar-refractivity contribution is 6.30. The summed E-state index contributed by atoms with van der Waals surface area (Å²) in [6.45, 7) is 5.73. The van der Waals surface area contributed by atoms with Crippen LogP contribution < -0.4 is 10.1 Å². The Balaban J connectivity index is 1.80. The lowest BCUT2D eigenvalue weighted by Gasteiger charge is -2.12. The van der Waals surface area contributed by atoms with Gasteiger partial charge in [0.15, 0.2) is 0 Å². The Morgan fingerprint density at radius 3 is 2.80 bits per heavy atom. The van der Waals surface area contributed by atoms with Crippen LogP contribution in [0.15, 0.2) is 30.3 Å². The number of nitrogens with one attached hydrogen (secondary N) is 1. The summed E-state index contributed by atoms with van der Waals surface area (Å²) in [7, 11) is 0. The second-order valence-corrected chi connectivity index (χ2v) is 5.74. The Morgan fingerprint density at radius 1 is 1.15 bits per heavy atom. The minimum atomic E-state index is 0.728. The van der Waals surface area contributed by atoms with Gasteiger partial charge in [-0.3, -0.25) is 0 Å². The number of halogens is 1. The average molecular weight is 288 g/mol. The first kappa shape index (κ1) is 13.3. The van der Waals surface area contributed by atoms with E-state index in [1.54, 1.807) is 0 Å². The van der Waals surface area contributed by atoms with E-state index in [0.717, 1.165) is 41.6 Å². The quantitative estimate of drug-likeness (QED) is 0.897. The van der Waals surface area contributed by atoms with E-state index < -0.39 is 0 Å². The van der Waals surface area contributed by atoms with Gasteiger partial charge in [0.25, 0.3) is 0 Å². The third-order valence-corrected chi connectivity index (χ3v) is 4.03. The van der Waals surface area contributed by atoms with Crippen LogP contribution in [-0.4, -0.2) is 6.61 Å². The Hall–Kier alpha value is -1.67. The topological polar surface area (TPSA) is 21.3 Å². The molecule has 2 nitrogen and oxygen atoms in total. The third kappa shape index (κ3) is 2.61. The van der Waals surface area contributed by atoms with E-state index in [4.69, 9.17) is 16.3 Å². The number of anilines is 1. The summed E-state index contributed by atoms with van der Waals surface area (Å²) < 4.78 is 5.72. The van der Waals surface area contributed by atoms with Crippen molar-refractivity contribution in [3.63, 3.8) is 0 Å². The minimum Gasteiger partial charge on any atom is -0.493 e. The van der Waals surface area contributed by atoms with Crippen LogP contribution in [0.5, 0.6) is 5.75 Å². The fraction of sp³-hybridized carbons (Fsp3) is 0.294. The Bertz CT molecular complexity index is 652. The van der Waals surface area contributed by atoms with E-state index >= 15 is 0 Å². The Labute approximate surface area is 124 Å². The summed E-state index contributed by atoms with van der Waals surface area (Å²) in [5.41, 5.74) is 6.07. The lowest BCUT2D eigenvalue weighted by Crippen LogP contribution is -2.02. The summed E-state index contributed by atoms with van der Waals surface area (Å²) in [5, 5.41) is 4.23. The van der Waals surface area contributed by atoms with E-state index in [9.17, 15) is 0 Å². The van der Waals surface area contributed by atoms with Gasteiger partial charge in [-0.15, -0.1) is 0 Å². The summed E-state index contributed by atoms with van der Waals surface area (Å²) >= 11 is 6.17. The molecular formula is C17H18ClNO. The molecule has 0 fully saturated rings. The second kappa shape index (κ2) is 5.37. The molecule has 2 aromatic rings. The largest absolute Gasteiger partial charge is 0.493 e. The molecule has 20 heavy (non-hydrogen) atoms. The molecular weight excluding hydrogens is 270 g/mol. The maximum Gasteiger partial charge on any atom is 0.127 e. The van der Waals surface area contributed by atoms with Crippen LogP contribution in [0, 0.1) is 13.8 Å². The van der Waals surface area contributed by atoms with Crippen molar-refractivity contribution in [3.05, 3.63) is 57.6 Å². The van der Waals surface area contributed by atoms with Crippen LogP contribution in [0.2, 0.25) is 5.02 Å². The lowest BCUT2D eigenvalue weighted by molar-refractivity contribution is 0.354. The van der Waals surface area contributed by atoms with Crippen molar-refractivity contribution >= 4 is 17.3 Å². The zero-order valence-corrected chi connectivity index (χ0v) is 12.6. The van der Waals surface area contributed by atoms with Gasteiger partial charge in [-0.1, -0.05) is 17.7 Å². The highest BCUT2D eigenvalue weighted by Crippen LogP contribution is 2.33. The number of ether oxygens (including phenoxy) is 1. The fourth-order valence-corrected chi connectivity index (χ4v) is 2.79. The second-order valence-electron chi connectivity index (χ2n) is 5.30. The van der Waals surface area contributed by atoms with Gasteiger partial charge in [-0.25, -0.2) is 0 Å². The molecule has 3 heteroatoms. The van der Waals surface area contributed by atoms with Gasteiger partial charge in [0.2, 0.25) is 0 Å². The van der Waals surface area contributed by atoms with Gasteiger partial charge >= 0.3 is 0 Å². The van der Waals surface area contributed by atoms with E-state index in [1.165, 1.54) is 16.7 Å². The first-order valence-electron chi connectivity index (χ1n) is 6.89.